The zero-order valence-electron chi connectivity index (χ0n) is 14.0. The van der Waals surface area contributed by atoms with Gasteiger partial charge < -0.3 is 10.1 Å². The highest BCUT2D eigenvalue weighted by Crippen LogP contribution is 2.34. The molecule has 0 aromatic carbocycles. The number of hydrogen-bond acceptors (Lipinski definition) is 5. The minimum atomic E-state index is -1.01. The Morgan fingerprint density at radius 2 is 2.22 bits per heavy atom. The molecular weight excluding hydrogens is 292 g/mol. The van der Waals surface area contributed by atoms with Gasteiger partial charge in [-0.05, 0) is 25.5 Å². The van der Waals surface area contributed by atoms with Crippen LogP contribution >= 0.6 is 0 Å². The summed E-state index contributed by atoms with van der Waals surface area (Å²) in [6, 6.07) is 5.46. The number of carbonyl (C=O) groups excluding carboxylic acids is 2. The van der Waals surface area contributed by atoms with E-state index in [1.165, 1.54) is 12.8 Å². The van der Waals surface area contributed by atoms with E-state index >= 15 is 0 Å². The van der Waals surface area contributed by atoms with Crippen LogP contribution in [-0.4, -0.2) is 28.9 Å². The van der Waals surface area contributed by atoms with Gasteiger partial charge >= 0.3 is 5.97 Å². The Bertz CT molecular complexity index is 532. The Hall–Kier alpha value is -1.91. The molecule has 5 heteroatoms. The van der Waals surface area contributed by atoms with Crippen LogP contribution in [0, 0.1) is 5.92 Å². The van der Waals surface area contributed by atoms with Gasteiger partial charge in [0, 0.05) is 12.6 Å². The summed E-state index contributed by atoms with van der Waals surface area (Å²) in [5, 5.41) is 2.98. The van der Waals surface area contributed by atoms with E-state index < -0.39 is 5.60 Å². The molecule has 0 spiro atoms. The van der Waals surface area contributed by atoms with E-state index in [0.29, 0.717) is 12.2 Å². The lowest BCUT2D eigenvalue weighted by atomic mass is 9.89. The molecule has 5 nitrogen and oxygen atoms in total. The summed E-state index contributed by atoms with van der Waals surface area (Å²) < 4.78 is 5.42. The van der Waals surface area contributed by atoms with Crippen LogP contribution in [0.2, 0.25) is 0 Å². The van der Waals surface area contributed by atoms with Crippen LogP contribution in [0.5, 0.6) is 0 Å². The lowest BCUT2D eigenvalue weighted by Crippen LogP contribution is -2.39. The van der Waals surface area contributed by atoms with Gasteiger partial charge in [-0.15, -0.1) is 0 Å². The first-order valence-corrected chi connectivity index (χ1v) is 8.46. The molecule has 1 N–H and O–H groups in total. The van der Waals surface area contributed by atoms with Gasteiger partial charge in [0.15, 0.2) is 11.4 Å². The van der Waals surface area contributed by atoms with E-state index in [4.69, 9.17) is 4.74 Å². The summed E-state index contributed by atoms with van der Waals surface area (Å²) in [6.07, 6.45) is 7.47. The summed E-state index contributed by atoms with van der Waals surface area (Å²) in [5.41, 5.74) is -1.01. The second kappa shape index (κ2) is 8.09. The van der Waals surface area contributed by atoms with E-state index in [2.05, 4.69) is 17.2 Å². The predicted octanol–water partition coefficient (Wildman–Crippen LogP) is 3.35. The molecule has 0 amide bonds. The monoisotopic (exact) mass is 318 g/mol. The second-order valence-corrected chi connectivity index (χ2v) is 6.39. The summed E-state index contributed by atoms with van der Waals surface area (Å²) in [7, 11) is 0. The molecule has 23 heavy (non-hydrogen) atoms. The Morgan fingerprint density at radius 3 is 2.91 bits per heavy atom. The molecule has 1 aromatic rings. The normalized spacial score (nSPS) is 23.6. The molecule has 0 radical (unpaired) electrons. The fourth-order valence-electron chi connectivity index (χ4n) is 2.93. The first-order chi connectivity index (χ1) is 11.0. The predicted molar refractivity (Wildman–Crippen MR) is 89.1 cm³/mol. The summed E-state index contributed by atoms with van der Waals surface area (Å²) in [6.45, 7) is 4.00. The minimum Gasteiger partial charge on any atom is -0.451 e. The maximum absolute atomic E-state index is 12.4. The molecule has 0 aliphatic carbocycles. The standard InChI is InChI=1S/C18H26N2O3/c1-3-4-5-6-9-14-12-18(2,23-17(14)22)15(21)13-20-16-10-7-8-11-19-16/h7-8,10-11,14H,3-6,9,12-13H2,1-2H3,(H,19,20)/t14-,18+/m0/s1. The van der Waals surface area contributed by atoms with Gasteiger partial charge in [0.05, 0.1) is 12.5 Å². The first-order valence-electron chi connectivity index (χ1n) is 8.46. The molecule has 2 rings (SSSR count). The number of ether oxygens (including phenoxy) is 1. The van der Waals surface area contributed by atoms with E-state index in [1.54, 1.807) is 19.2 Å². The number of aromatic nitrogens is 1. The lowest BCUT2D eigenvalue weighted by molar-refractivity contribution is -0.156. The largest absolute Gasteiger partial charge is 0.451 e. The molecular formula is C18H26N2O3. The number of carbonyl (C=O) groups is 2. The Kier molecular flexibility index (Phi) is 6.13. The Balaban J connectivity index is 1.83. The number of hydrogen-bond donors (Lipinski definition) is 1. The molecule has 1 fully saturated rings. The van der Waals surface area contributed by atoms with Crippen molar-refractivity contribution < 1.29 is 14.3 Å². The third-order valence-electron chi connectivity index (χ3n) is 4.39. The first kappa shape index (κ1) is 17.4. The number of Topliss-reactive ketones (excluding diaryl/α,β-unsaturated/α-hetero) is 1. The SMILES string of the molecule is CCCCCC[C@H]1C[C@](C)(C(=O)CNc2ccccn2)OC1=O. The van der Waals surface area contributed by atoms with Crippen LogP contribution in [0.25, 0.3) is 0 Å². The molecule has 0 bridgehead atoms. The number of esters is 1. The van der Waals surface area contributed by atoms with Gasteiger partial charge in [-0.3, -0.25) is 9.59 Å². The van der Waals surface area contributed by atoms with Gasteiger partial charge in [0.2, 0.25) is 0 Å². The third kappa shape index (κ3) is 4.78. The highest BCUT2D eigenvalue weighted by molar-refractivity contribution is 5.94. The van der Waals surface area contributed by atoms with Gasteiger partial charge in [-0.2, -0.15) is 0 Å². The highest BCUT2D eigenvalue weighted by Gasteiger charge is 2.47. The number of cyclic esters (lactones) is 1. The summed E-state index contributed by atoms with van der Waals surface area (Å²) in [5.74, 6) is 0.170. The van der Waals surface area contributed by atoms with Crippen LogP contribution in [0.4, 0.5) is 5.82 Å². The number of anilines is 1. The average molecular weight is 318 g/mol. The van der Waals surface area contributed by atoms with Crippen LogP contribution in [-0.2, 0) is 14.3 Å². The molecule has 1 aliphatic heterocycles. The van der Waals surface area contributed by atoms with Gasteiger partial charge in [-0.1, -0.05) is 38.7 Å². The number of rotatable bonds is 9. The number of unbranched alkanes of at least 4 members (excludes halogenated alkanes) is 3. The molecule has 1 aromatic heterocycles. The van der Waals surface area contributed by atoms with E-state index in [9.17, 15) is 9.59 Å². The van der Waals surface area contributed by atoms with Crippen molar-refractivity contribution in [1.82, 2.24) is 4.98 Å². The van der Waals surface area contributed by atoms with E-state index in [0.717, 1.165) is 19.3 Å². The molecule has 0 unspecified atom stereocenters. The van der Waals surface area contributed by atoms with Crippen molar-refractivity contribution in [3.63, 3.8) is 0 Å². The van der Waals surface area contributed by atoms with Crippen molar-refractivity contribution >= 4 is 17.6 Å². The molecule has 2 heterocycles. The van der Waals surface area contributed by atoms with Gasteiger partial charge in [0.25, 0.3) is 0 Å². The zero-order valence-corrected chi connectivity index (χ0v) is 14.0. The number of nitrogens with zero attached hydrogens (tertiary/aromatic N) is 1. The van der Waals surface area contributed by atoms with Crippen LogP contribution in [0.1, 0.15) is 52.4 Å². The smallest absolute Gasteiger partial charge is 0.310 e. The number of pyridine rings is 1. The van der Waals surface area contributed by atoms with Crippen LogP contribution < -0.4 is 5.32 Å². The number of ketones is 1. The van der Waals surface area contributed by atoms with Crippen molar-refractivity contribution in [2.45, 2.75) is 58.0 Å². The fourth-order valence-corrected chi connectivity index (χ4v) is 2.93. The topological polar surface area (TPSA) is 68.3 Å². The van der Waals surface area contributed by atoms with Crippen molar-refractivity contribution in [3.05, 3.63) is 24.4 Å². The minimum absolute atomic E-state index is 0.104. The maximum Gasteiger partial charge on any atom is 0.310 e. The quantitative estimate of drug-likeness (QED) is 0.558. The number of nitrogens with one attached hydrogen (secondary N) is 1. The molecule has 0 saturated carbocycles. The van der Waals surface area contributed by atoms with Gasteiger partial charge in [-0.25, -0.2) is 4.98 Å². The van der Waals surface area contributed by atoms with Crippen molar-refractivity contribution in [2.24, 2.45) is 5.92 Å². The van der Waals surface area contributed by atoms with Crippen LogP contribution in [0.15, 0.2) is 24.4 Å². The fraction of sp³-hybridized carbons (Fsp3) is 0.611. The van der Waals surface area contributed by atoms with Crippen LogP contribution in [0.3, 0.4) is 0 Å². The average Bonchev–Trinajstić information content (AvgIpc) is 2.85. The van der Waals surface area contributed by atoms with Crippen molar-refractivity contribution in [2.75, 3.05) is 11.9 Å². The molecule has 1 saturated heterocycles. The van der Waals surface area contributed by atoms with Crippen molar-refractivity contribution in [3.8, 4) is 0 Å². The maximum atomic E-state index is 12.4. The molecule has 1 aliphatic rings. The second-order valence-electron chi connectivity index (χ2n) is 6.39. The Morgan fingerprint density at radius 1 is 1.39 bits per heavy atom. The third-order valence-corrected chi connectivity index (χ3v) is 4.39. The molecule has 126 valence electrons. The zero-order chi connectivity index (χ0) is 16.7. The summed E-state index contributed by atoms with van der Waals surface area (Å²) in [4.78, 5) is 28.6. The van der Waals surface area contributed by atoms with Gasteiger partial charge in [0.1, 0.15) is 5.82 Å². The van der Waals surface area contributed by atoms with Crippen molar-refractivity contribution in [1.29, 1.82) is 0 Å². The van der Waals surface area contributed by atoms with E-state index in [1.807, 2.05) is 12.1 Å². The lowest BCUT2D eigenvalue weighted by Gasteiger charge is -2.21. The Labute approximate surface area is 137 Å². The highest BCUT2D eigenvalue weighted by atomic mass is 16.6. The summed E-state index contributed by atoms with van der Waals surface area (Å²) >= 11 is 0. The molecule has 2 atom stereocenters. The van der Waals surface area contributed by atoms with E-state index in [-0.39, 0.29) is 24.2 Å².